The van der Waals surface area contributed by atoms with Crippen molar-refractivity contribution in [3.8, 4) is 11.5 Å². The van der Waals surface area contributed by atoms with Crippen molar-refractivity contribution in [1.29, 1.82) is 0 Å². The zero-order valence-electron chi connectivity index (χ0n) is 18.7. The molecule has 0 spiro atoms. The summed E-state index contributed by atoms with van der Waals surface area (Å²) in [7, 11) is 3.12. The third-order valence-corrected chi connectivity index (χ3v) is 8.08. The number of halogens is 1. The SMILES string of the molecule is COc1ccc(Nc2cnn(C34C[C@@H]5C[C@@H](CC(CC(=O)[O-])(C5)C3)C4)c(=O)c2Cl)c(OC)c1. The molecule has 4 aliphatic rings. The topological polar surface area (TPSA) is 106 Å². The molecule has 1 aromatic carbocycles. The monoisotopic (exact) mass is 472 g/mol. The van der Waals surface area contributed by atoms with Crippen LogP contribution in [0.1, 0.15) is 44.9 Å². The maximum Gasteiger partial charge on any atom is 0.288 e. The zero-order valence-corrected chi connectivity index (χ0v) is 19.5. The number of nitrogens with one attached hydrogen (secondary N) is 1. The normalized spacial score (nSPS) is 29.7. The molecule has 9 heteroatoms. The number of carboxylic acid groups (broad SMARTS) is 1. The third-order valence-electron chi connectivity index (χ3n) is 7.72. The van der Waals surface area contributed by atoms with Gasteiger partial charge in [0.1, 0.15) is 16.5 Å². The number of rotatable bonds is 7. The standard InChI is InChI=1S/C24H28ClN3O5/c1-32-16-3-4-17(19(6-16)33-2)27-18-12-26-28(22(31)21(18)25)24-9-14-5-15(10-24)8-23(7-14,13-24)11-20(29)30/h3-4,6,12,14-15,27H,5,7-11,13H2,1-2H3,(H,29,30)/p-1/t14-,15+,23?,24?. The van der Waals surface area contributed by atoms with Crippen LogP contribution in [-0.4, -0.2) is 30.0 Å². The molecule has 176 valence electrons. The molecule has 33 heavy (non-hydrogen) atoms. The minimum absolute atomic E-state index is 0.0428. The highest BCUT2D eigenvalue weighted by atomic mass is 35.5. The number of carbonyl (C=O) groups is 1. The van der Waals surface area contributed by atoms with Crippen molar-refractivity contribution < 1.29 is 19.4 Å². The van der Waals surface area contributed by atoms with Gasteiger partial charge in [0.2, 0.25) is 0 Å². The predicted octanol–water partition coefficient (Wildman–Crippen LogP) is 3.09. The molecule has 8 nitrogen and oxygen atoms in total. The van der Waals surface area contributed by atoms with E-state index in [9.17, 15) is 14.7 Å². The summed E-state index contributed by atoms with van der Waals surface area (Å²) in [5.74, 6) is 0.974. The van der Waals surface area contributed by atoms with Crippen molar-refractivity contribution >= 4 is 28.9 Å². The Bertz CT molecular complexity index is 1150. The minimum Gasteiger partial charge on any atom is -0.550 e. The molecule has 0 aliphatic heterocycles. The van der Waals surface area contributed by atoms with Gasteiger partial charge in [0, 0.05) is 12.0 Å². The van der Waals surface area contributed by atoms with E-state index in [1.54, 1.807) is 38.6 Å². The molecule has 4 atom stereocenters. The fourth-order valence-corrected chi connectivity index (χ4v) is 7.24. The first-order chi connectivity index (χ1) is 15.8. The number of hydrogen-bond acceptors (Lipinski definition) is 7. The molecule has 1 aromatic heterocycles. The van der Waals surface area contributed by atoms with Gasteiger partial charge in [-0.15, -0.1) is 0 Å². The number of carboxylic acids is 1. The molecule has 2 aromatic rings. The van der Waals surface area contributed by atoms with Crippen LogP contribution in [0.2, 0.25) is 5.02 Å². The molecule has 1 heterocycles. The molecular formula is C24H27ClN3O5-. The van der Waals surface area contributed by atoms with E-state index >= 15 is 0 Å². The smallest absolute Gasteiger partial charge is 0.288 e. The summed E-state index contributed by atoms with van der Waals surface area (Å²) in [4.78, 5) is 24.9. The summed E-state index contributed by atoms with van der Waals surface area (Å²) in [6.45, 7) is 0. The minimum atomic E-state index is -1.02. The van der Waals surface area contributed by atoms with E-state index in [2.05, 4.69) is 10.4 Å². The van der Waals surface area contributed by atoms with Gasteiger partial charge in [0.15, 0.2) is 0 Å². The van der Waals surface area contributed by atoms with Crippen molar-refractivity contribution in [2.75, 3.05) is 19.5 Å². The Kier molecular flexibility index (Phi) is 5.31. The lowest BCUT2D eigenvalue weighted by molar-refractivity contribution is -0.310. The van der Waals surface area contributed by atoms with Crippen molar-refractivity contribution in [3.05, 3.63) is 39.8 Å². The molecule has 4 bridgehead atoms. The molecule has 2 unspecified atom stereocenters. The number of methoxy groups -OCH3 is 2. The Morgan fingerprint density at radius 2 is 1.94 bits per heavy atom. The Balaban J connectivity index is 1.49. The Morgan fingerprint density at radius 1 is 1.21 bits per heavy atom. The summed E-state index contributed by atoms with van der Waals surface area (Å²) in [6.07, 6.45) is 6.77. The summed E-state index contributed by atoms with van der Waals surface area (Å²) >= 11 is 6.56. The molecule has 0 radical (unpaired) electrons. The van der Waals surface area contributed by atoms with E-state index in [4.69, 9.17) is 21.1 Å². The lowest BCUT2D eigenvalue weighted by atomic mass is 9.46. The Morgan fingerprint density at radius 3 is 2.58 bits per heavy atom. The summed E-state index contributed by atoms with van der Waals surface area (Å²) in [6, 6.07) is 5.29. The molecule has 4 fully saturated rings. The van der Waals surface area contributed by atoms with E-state index in [-0.39, 0.29) is 22.4 Å². The molecule has 0 saturated heterocycles. The van der Waals surface area contributed by atoms with Crippen LogP contribution in [0.15, 0.2) is 29.2 Å². The van der Waals surface area contributed by atoms with Crippen LogP contribution in [-0.2, 0) is 10.3 Å². The van der Waals surface area contributed by atoms with Crippen LogP contribution in [0.4, 0.5) is 11.4 Å². The van der Waals surface area contributed by atoms with Gasteiger partial charge in [-0.2, -0.15) is 5.10 Å². The highest BCUT2D eigenvalue weighted by Crippen LogP contribution is 2.64. The Labute approximate surface area is 196 Å². The number of ether oxygens (including phenoxy) is 2. The summed E-state index contributed by atoms with van der Waals surface area (Å²) < 4.78 is 12.2. The largest absolute Gasteiger partial charge is 0.550 e. The van der Waals surface area contributed by atoms with Gasteiger partial charge in [0.25, 0.3) is 5.56 Å². The highest BCUT2D eigenvalue weighted by Gasteiger charge is 2.59. The molecule has 4 saturated carbocycles. The van der Waals surface area contributed by atoms with Crippen molar-refractivity contribution in [3.63, 3.8) is 0 Å². The molecule has 1 N–H and O–H groups in total. The van der Waals surface area contributed by atoms with E-state index in [1.165, 1.54) is 4.68 Å². The summed E-state index contributed by atoms with van der Waals surface area (Å²) in [5.41, 5.74) is -0.155. The van der Waals surface area contributed by atoms with Crippen molar-refractivity contribution in [1.82, 2.24) is 9.78 Å². The number of aromatic nitrogens is 2. The van der Waals surface area contributed by atoms with Crippen LogP contribution in [0.25, 0.3) is 0 Å². The van der Waals surface area contributed by atoms with Crippen molar-refractivity contribution in [2.45, 2.75) is 50.5 Å². The van der Waals surface area contributed by atoms with E-state index in [0.717, 1.165) is 32.1 Å². The maximum absolute atomic E-state index is 13.4. The van der Waals surface area contributed by atoms with Crippen LogP contribution < -0.4 is 25.5 Å². The highest BCUT2D eigenvalue weighted by molar-refractivity contribution is 6.33. The quantitative estimate of drug-likeness (QED) is 0.660. The number of aliphatic carboxylic acids is 1. The van der Waals surface area contributed by atoms with Crippen LogP contribution in [0.5, 0.6) is 11.5 Å². The number of benzene rings is 1. The van der Waals surface area contributed by atoms with Gasteiger partial charge in [-0.05, 0) is 74.3 Å². The number of anilines is 2. The van der Waals surface area contributed by atoms with Crippen LogP contribution >= 0.6 is 11.6 Å². The second kappa shape index (κ2) is 7.94. The average molecular weight is 473 g/mol. The second-order valence-electron chi connectivity index (χ2n) is 10.0. The number of carbonyl (C=O) groups excluding carboxylic acids is 1. The van der Waals surface area contributed by atoms with Gasteiger partial charge in [-0.1, -0.05) is 11.6 Å². The third kappa shape index (κ3) is 3.74. The van der Waals surface area contributed by atoms with Gasteiger partial charge >= 0.3 is 0 Å². The van der Waals surface area contributed by atoms with Gasteiger partial charge < -0.3 is 24.7 Å². The molecule has 6 rings (SSSR count). The lowest BCUT2D eigenvalue weighted by Crippen LogP contribution is -2.60. The maximum atomic E-state index is 13.4. The first kappa shape index (κ1) is 22.1. The predicted molar refractivity (Wildman–Crippen MR) is 121 cm³/mol. The lowest BCUT2D eigenvalue weighted by Gasteiger charge is -2.62. The number of nitrogens with zero attached hydrogens (tertiary/aromatic N) is 2. The van der Waals surface area contributed by atoms with Crippen LogP contribution in [0, 0.1) is 17.3 Å². The average Bonchev–Trinajstić information content (AvgIpc) is 2.75. The van der Waals surface area contributed by atoms with Crippen LogP contribution in [0.3, 0.4) is 0 Å². The first-order valence-corrected chi connectivity index (χ1v) is 11.6. The molecule has 4 aliphatic carbocycles. The van der Waals surface area contributed by atoms with Gasteiger partial charge in [0.05, 0.1) is 37.3 Å². The summed E-state index contributed by atoms with van der Waals surface area (Å²) in [5, 5.41) is 19.3. The second-order valence-corrected chi connectivity index (χ2v) is 10.4. The first-order valence-electron chi connectivity index (χ1n) is 11.2. The number of hydrogen-bond donors (Lipinski definition) is 1. The van der Waals surface area contributed by atoms with Gasteiger partial charge in [-0.3, -0.25) is 4.79 Å². The van der Waals surface area contributed by atoms with Gasteiger partial charge in [-0.25, -0.2) is 4.68 Å². The molecular weight excluding hydrogens is 446 g/mol. The fourth-order valence-electron chi connectivity index (χ4n) is 7.07. The van der Waals surface area contributed by atoms with E-state index in [0.29, 0.717) is 41.1 Å². The van der Waals surface area contributed by atoms with E-state index < -0.39 is 11.5 Å². The Hall–Kier alpha value is -2.74. The molecule has 0 amide bonds. The zero-order chi connectivity index (χ0) is 23.4. The fraction of sp³-hybridized carbons (Fsp3) is 0.542. The van der Waals surface area contributed by atoms with Crippen molar-refractivity contribution in [2.24, 2.45) is 17.3 Å². The van der Waals surface area contributed by atoms with E-state index in [1.807, 2.05) is 0 Å².